The molecule has 26 heavy (non-hydrogen) atoms. The number of ether oxygens (including phenoxy) is 1. The summed E-state index contributed by atoms with van der Waals surface area (Å²) in [5.74, 6) is -1.52. The topological polar surface area (TPSA) is 83.6 Å². The highest BCUT2D eigenvalue weighted by atomic mass is 32.1. The number of carbonyl (C=O) groups is 2. The molecule has 0 bridgehead atoms. The van der Waals surface area contributed by atoms with Crippen LogP contribution in [0, 0.1) is 19.7 Å². The highest BCUT2D eigenvalue weighted by Crippen LogP contribution is 2.26. The van der Waals surface area contributed by atoms with Gasteiger partial charge in [0, 0.05) is 18.7 Å². The van der Waals surface area contributed by atoms with Crippen molar-refractivity contribution in [3.63, 3.8) is 0 Å². The van der Waals surface area contributed by atoms with Crippen LogP contribution in [-0.2, 0) is 4.74 Å². The lowest BCUT2D eigenvalue weighted by Crippen LogP contribution is -2.41. The van der Waals surface area contributed by atoms with Crippen molar-refractivity contribution in [2.45, 2.75) is 13.8 Å². The van der Waals surface area contributed by atoms with Crippen LogP contribution in [0.15, 0.2) is 18.2 Å². The first-order valence-electron chi connectivity index (χ1n) is 8.12. The minimum atomic E-state index is -0.590. The van der Waals surface area contributed by atoms with Crippen molar-refractivity contribution in [3.8, 4) is 0 Å². The predicted molar refractivity (Wildman–Crippen MR) is 96.0 cm³/mol. The number of rotatable bonds is 3. The number of hydrogen-bond acceptors (Lipinski definition) is 6. The van der Waals surface area contributed by atoms with E-state index in [1.54, 1.807) is 13.8 Å². The van der Waals surface area contributed by atoms with E-state index in [1.165, 1.54) is 23.5 Å². The number of hydrogen-bond donors (Lipinski definition) is 2. The van der Waals surface area contributed by atoms with Gasteiger partial charge in [-0.15, -0.1) is 0 Å². The molecule has 0 aliphatic carbocycles. The second-order valence-corrected chi connectivity index (χ2v) is 6.86. The summed E-state index contributed by atoms with van der Waals surface area (Å²) in [5, 5.41) is 0.753. The third-order valence-electron chi connectivity index (χ3n) is 4.00. The normalized spacial score (nSPS) is 14.2. The summed E-state index contributed by atoms with van der Waals surface area (Å²) in [5.41, 5.74) is 5.82. The Hall–Kier alpha value is -2.52. The maximum absolute atomic E-state index is 13.5. The van der Waals surface area contributed by atoms with Crippen LogP contribution in [-0.4, -0.2) is 43.1 Å². The third kappa shape index (κ3) is 4.00. The number of aromatic nitrogens is 1. The van der Waals surface area contributed by atoms with Crippen LogP contribution >= 0.6 is 11.3 Å². The van der Waals surface area contributed by atoms with Crippen LogP contribution in [0.4, 0.5) is 9.52 Å². The molecule has 3 rings (SSSR count). The Morgan fingerprint density at radius 3 is 2.58 bits per heavy atom. The molecule has 9 heteroatoms. The standard InChI is InChI=1S/C17H19FN4O3S/c1-10-3-4-12(9-13(10)18)15(23)20-21-16(24)14-11(2)19-17(26-14)22-5-7-25-8-6-22/h3-4,9H,5-8H2,1-2H3,(H,20,23)(H,21,24). The maximum Gasteiger partial charge on any atom is 0.281 e. The number of halogens is 1. The Labute approximate surface area is 154 Å². The second-order valence-electron chi connectivity index (χ2n) is 5.88. The Kier molecular flexibility index (Phi) is 5.48. The fourth-order valence-electron chi connectivity index (χ4n) is 2.46. The van der Waals surface area contributed by atoms with E-state index in [4.69, 9.17) is 4.74 Å². The summed E-state index contributed by atoms with van der Waals surface area (Å²) < 4.78 is 18.9. The van der Waals surface area contributed by atoms with Gasteiger partial charge in [-0.05, 0) is 31.5 Å². The predicted octanol–water partition coefficient (Wildman–Crippen LogP) is 1.81. The molecule has 2 N–H and O–H groups in total. The van der Waals surface area contributed by atoms with Crippen molar-refractivity contribution in [1.82, 2.24) is 15.8 Å². The molecule has 2 heterocycles. The average molecular weight is 378 g/mol. The van der Waals surface area contributed by atoms with E-state index in [0.29, 0.717) is 29.3 Å². The van der Waals surface area contributed by atoms with Gasteiger partial charge >= 0.3 is 0 Å². The molecule has 1 aliphatic rings. The van der Waals surface area contributed by atoms with Gasteiger partial charge in [0.1, 0.15) is 10.7 Å². The van der Waals surface area contributed by atoms with E-state index in [-0.39, 0.29) is 5.56 Å². The first-order valence-corrected chi connectivity index (χ1v) is 8.94. The Morgan fingerprint density at radius 2 is 1.88 bits per heavy atom. The molecule has 1 aromatic carbocycles. The first-order chi connectivity index (χ1) is 12.5. The van der Waals surface area contributed by atoms with Gasteiger partial charge in [-0.3, -0.25) is 20.4 Å². The van der Waals surface area contributed by atoms with Crippen LogP contribution in [0.5, 0.6) is 0 Å². The lowest BCUT2D eigenvalue weighted by Gasteiger charge is -2.25. The van der Waals surface area contributed by atoms with E-state index in [1.807, 2.05) is 0 Å². The number of hydrazine groups is 1. The number of amides is 2. The number of nitrogens with zero attached hydrogens (tertiary/aromatic N) is 2. The highest BCUT2D eigenvalue weighted by Gasteiger charge is 2.21. The minimum absolute atomic E-state index is 0.128. The SMILES string of the molecule is Cc1ccc(C(=O)NNC(=O)c2sc(N3CCOCC3)nc2C)cc1F. The zero-order valence-corrected chi connectivity index (χ0v) is 15.3. The number of nitrogens with one attached hydrogen (secondary N) is 2. The number of carbonyl (C=O) groups excluding carboxylic acids is 2. The van der Waals surface area contributed by atoms with Gasteiger partial charge in [0.25, 0.3) is 11.8 Å². The van der Waals surface area contributed by atoms with Gasteiger partial charge in [0.2, 0.25) is 0 Å². The van der Waals surface area contributed by atoms with Crippen LogP contribution in [0.1, 0.15) is 31.3 Å². The number of benzene rings is 1. The largest absolute Gasteiger partial charge is 0.378 e. The zero-order chi connectivity index (χ0) is 18.7. The molecular weight excluding hydrogens is 359 g/mol. The molecule has 0 unspecified atom stereocenters. The van der Waals surface area contributed by atoms with Crippen molar-refractivity contribution >= 4 is 28.3 Å². The number of aryl methyl sites for hydroxylation is 2. The lowest BCUT2D eigenvalue weighted by atomic mass is 10.1. The van der Waals surface area contributed by atoms with Crippen molar-refractivity contribution in [2.24, 2.45) is 0 Å². The van der Waals surface area contributed by atoms with E-state index in [9.17, 15) is 14.0 Å². The fourth-order valence-corrected chi connectivity index (χ4v) is 3.47. The number of thiazole rings is 1. The zero-order valence-electron chi connectivity index (χ0n) is 14.5. The molecule has 2 aromatic rings. The van der Waals surface area contributed by atoms with Gasteiger partial charge < -0.3 is 9.64 Å². The Balaban J connectivity index is 1.63. The summed E-state index contributed by atoms with van der Waals surface area (Å²) >= 11 is 1.26. The van der Waals surface area contributed by atoms with Gasteiger partial charge in [0.05, 0.1) is 18.9 Å². The summed E-state index contributed by atoms with van der Waals surface area (Å²) in [6.07, 6.45) is 0. The van der Waals surface area contributed by atoms with Crippen molar-refractivity contribution in [1.29, 1.82) is 0 Å². The molecule has 0 saturated carbocycles. The molecule has 1 aliphatic heterocycles. The number of anilines is 1. The lowest BCUT2D eigenvalue weighted by molar-refractivity contribution is 0.0848. The van der Waals surface area contributed by atoms with Crippen LogP contribution in [0.25, 0.3) is 0 Å². The Bertz CT molecular complexity index is 833. The van der Waals surface area contributed by atoms with Crippen LogP contribution in [0.2, 0.25) is 0 Å². The number of morpholine rings is 1. The average Bonchev–Trinajstić information content (AvgIpc) is 3.04. The van der Waals surface area contributed by atoms with Crippen molar-refractivity contribution in [3.05, 3.63) is 45.7 Å². The van der Waals surface area contributed by atoms with E-state index in [0.717, 1.165) is 24.3 Å². The third-order valence-corrected chi connectivity index (χ3v) is 5.21. The summed E-state index contributed by atoms with van der Waals surface area (Å²) in [7, 11) is 0. The van der Waals surface area contributed by atoms with Gasteiger partial charge in [-0.2, -0.15) is 0 Å². The summed E-state index contributed by atoms with van der Waals surface area (Å²) in [4.78, 5) is 31.3. The van der Waals surface area contributed by atoms with E-state index in [2.05, 4.69) is 20.7 Å². The van der Waals surface area contributed by atoms with Crippen LogP contribution < -0.4 is 15.8 Å². The summed E-state index contributed by atoms with van der Waals surface area (Å²) in [6.45, 7) is 6.06. The van der Waals surface area contributed by atoms with E-state index < -0.39 is 17.6 Å². The van der Waals surface area contributed by atoms with Crippen LogP contribution in [0.3, 0.4) is 0 Å². The Morgan fingerprint density at radius 1 is 1.19 bits per heavy atom. The smallest absolute Gasteiger partial charge is 0.281 e. The maximum atomic E-state index is 13.5. The quantitative estimate of drug-likeness (QED) is 0.796. The molecule has 2 amide bonds. The molecule has 0 atom stereocenters. The van der Waals surface area contributed by atoms with Crippen molar-refractivity contribution in [2.75, 3.05) is 31.2 Å². The summed E-state index contributed by atoms with van der Waals surface area (Å²) in [6, 6.07) is 4.13. The highest BCUT2D eigenvalue weighted by molar-refractivity contribution is 7.17. The first kappa shape index (κ1) is 18.3. The van der Waals surface area contributed by atoms with Gasteiger partial charge in [-0.25, -0.2) is 9.37 Å². The molecule has 1 fully saturated rings. The van der Waals surface area contributed by atoms with E-state index >= 15 is 0 Å². The van der Waals surface area contributed by atoms with Crippen molar-refractivity contribution < 1.29 is 18.7 Å². The van der Waals surface area contributed by atoms with Gasteiger partial charge in [0.15, 0.2) is 5.13 Å². The van der Waals surface area contributed by atoms with Gasteiger partial charge in [-0.1, -0.05) is 17.4 Å². The minimum Gasteiger partial charge on any atom is -0.378 e. The molecular formula is C17H19FN4O3S. The monoisotopic (exact) mass is 378 g/mol. The molecule has 0 spiro atoms. The fraction of sp³-hybridized carbons (Fsp3) is 0.353. The second kappa shape index (κ2) is 7.79. The molecule has 0 radical (unpaired) electrons. The molecule has 138 valence electrons. The molecule has 1 aromatic heterocycles. The molecule has 1 saturated heterocycles. The molecule has 7 nitrogen and oxygen atoms in total.